The Labute approximate surface area is 98.8 Å². The molecule has 1 aliphatic rings. The number of benzene rings is 1. The molecular weight excluding hydrogens is 226 g/mol. The summed E-state index contributed by atoms with van der Waals surface area (Å²) in [7, 11) is 0. The maximum Gasteiger partial charge on any atom is 0.151 e. The molecule has 1 aromatic rings. The minimum Gasteiger partial charge on any atom is -0.395 e. The molecule has 0 bridgehead atoms. The number of hydrogen-bond donors (Lipinski definition) is 2. The molecule has 1 heterocycles. The summed E-state index contributed by atoms with van der Waals surface area (Å²) in [6.07, 6.45) is 0.384. The third-order valence-electron chi connectivity index (χ3n) is 3.32. The molecule has 2 rings (SSSR count). The SMILES string of the molecule is CC(O)C1CCN(c2cc(F)cc(F)c2N)C1. The Morgan fingerprint density at radius 3 is 2.76 bits per heavy atom. The molecule has 0 spiro atoms. The normalized spacial score (nSPS) is 21.9. The third-order valence-corrected chi connectivity index (χ3v) is 3.32. The van der Waals surface area contributed by atoms with Gasteiger partial charge in [0.05, 0.1) is 17.5 Å². The average Bonchev–Trinajstić information content (AvgIpc) is 2.72. The highest BCUT2D eigenvalue weighted by molar-refractivity contribution is 5.68. The molecule has 1 aromatic carbocycles. The van der Waals surface area contributed by atoms with E-state index in [0.29, 0.717) is 18.8 Å². The molecule has 0 saturated carbocycles. The van der Waals surface area contributed by atoms with E-state index in [0.717, 1.165) is 12.5 Å². The zero-order chi connectivity index (χ0) is 12.6. The summed E-state index contributed by atoms with van der Waals surface area (Å²) in [5.74, 6) is -1.24. The first-order valence-corrected chi connectivity index (χ1v) is 5.66. The van der Waals surface area contributed by atoms with Crippen molar-refractivity contribution in [1.82, 2.24) is 0 Å². The second-order valence-electron chi connectivity index (χ2n) is 4.56. The van der Waals surface area contributed by atoms with Crippen LogP contribution in [-0.4, -0.2) is 24.3 Å². The van der Waals surface area contributed by atoms with Crippen molar-refractivity contribution >= 4 is 11.4 Å². The summed E-state index contributed by atoms with van der Waals surface area (Å²) >= 11 is 0. The van der Waals surface area contributed by atoms with Crippen LogP contribution in [0.4, 0.5) is 20.2 Å². The van der Waals surface area contributed by atoms with Crippen molar-refractivity contribution in [1.29, 1.82) is 0 Å². The summed E-state index contributed by atoms with van der Waals surface area (Å²) < 4.78 is 26.5. The van der Waals surface area contributed by atoms with Crippen LogP contribution in [0.1, 0.15) is 13.3 Å². The number of nitrogens with two attached hydrogens (primary N) is 1. The maximum atomic E-state index is 13.3. The zero-order valence-electron chi connectivity index (χ0n) is 9.66. The number of nitrogens with zero attached hydrogens (tertiary/aromatic N) is 1. The van der Waals surface area contributed by atoms with Crippen molar-refractivity contribution in [3.8, 4) is 0 Å². The van der Waals surface area contributed by atoms with Gasteiger partial charge in [0, 0.05) is 25.1 Å². The van der Waals surface area contributed by atoms with Gasteiger partial charge in [0.2, 0.25) is 0 Å². The Hall–Kier alpha value is -1.36. The van der Waals surface area contributed by atoms with Gasteiger partial charge in [-0.15, -0.1) is 0 Å². The van der Waals surface area contributed by atoms with Gasteiger partial charge in [-0.3, -0.25) is 0 Å². The topological polar surface area (TPSA) is 49.5 Å². The van der Waals surface area contributed by atoms with Gasteiger partial charge in [-0.2, -0.15) is 0 Å². The highest BCUT2D eigenvalue weighted by Gasteiger charge is 2.28. The van der Waals surface area contributed by atoms with Crippen LogP contribution < -0.4 is 10.6 Å². The number of aliphatic hydroxyl groups is 1. The van der Waals surface area contributed by atoms with E-state index in [-0.39, 0.29) is 11.6 Å². The molecule has 0 amide bonds. The number of nitrogen functional groups attached to an aromatic ring is 1. The zero-order valence-corrected chi connectivity index (χ0v) is 9.66. The molecule has 3 nitrogen and oxygen atoms in total. The second-order valence-corrected chi connectivity index (χ2v) is 4.56. The van der Waals surface area contributed by atoms with Crippen molar-refractivity contribution in [2.45, 2.75) is 19.4 Å². The quantitative estimate of drug-likeness (QED) is 0.777. The van der Waals surface area contributed by atoms with Gasteiger partial charge < -0.3 is 15.7 Å². The van der Waals surface area contributed by atoms with Crippen molar-refractivity contribution in [3.63, 3.8) is 0 Å². The van der Waals surface area contributed by atoms with E-state index in [1.807, 2.05) is 4.90 Å². The predicted molar refractivity (Wildman–Crippen MR) is 62.8 cm³/mol. The molecule has 5 heteroatoms. The standard InChI is InChI=1S/C12H16F2N2O/c1-7(17)8-2-3-16(6-8)11-5-9(13)4-10(14)12(11)15/h4-5,7-8,17H,2-3,6,15H2,1H3. The maximum absolute atomic E-state index is 13.3. The van der Waals surface area contributed by atoms with Crippen LogP contribution in [0.5, 0.6) is 0 Å². The molecule has 2 unspecified atom stereocenters. The summed E-state index contributed by atoms with van der Waals surface area (Å²) in [5.41, 5.74) is 5.96. The third kappa shape index (κ3) is 2.34. The van der Waals surface area contributed by atoms with E-state index in [9.17, 15) is 13.9 Å². The second kappa shape index (κ2) is 4.49. The lowest BCUT2D eigenvalue weighted by Crippen LogP contribution is -2.25. The van der Waals surface area contributed by atoms with Crippen LogP contribution in [-0.2, 0) is 0 Å². The van der Waals surface area contributed by atoms with E-state index in [1.54, 1.807) is 6.92 Å². The van der Waals surface area contributed by atoms with Crippen LogP contribution in [0.3, 0.4) is 0 Å². The van der Waals surface area contributed by atoms with Crippen LogP contribution in [0, 0.1) is 17.6 Å². The summed E-state index contributed by atoms with van der Waals surface area (Å²) in [6.45, 7) is 2.96. The van der Waals surface area contributed by atoms with Crippen molar-refractivity contribution in [3.05, 3.63) is 23.8 Å². The Balaban J connectivity index is 2.24. The van der Waals surface area contributed by atoms with Gasteiger partial charge in [-0.1, -0.05) is 0 Å². The molecule has 2 atom stereocenters. The average molecular weight is 242 g/mol. The van der Waals surface area contributed by atoms with E-state index in [1.165, 1.54) is 6.07 Å². The van der Waals surface area contributed by atoms with Crippen LogP contribution in [0.25, 0.3) is 0 Å². The van der Waals surface area contributed by atoms with Gasteiger partial charge in [-0.05, 0) is 19.4 Å². The lowest BCUT2D eigenvalue weighted by Gasteiger charge is -2.21. The number of aliphatic hydroxyl groups excluding tert-OH is 1. The Bertz CT molecular complexity index is 423. The summed E-state index contributed by atoms with van der Waals surface area (Å²) in [4.78, 5) is 1.82. The van der Waals surface area contributed by atoms with E-state index < -0.39 is 17.7 Å². The Morgan fingerprint density at radius 1 is 1.47 bits per heavy atom. The number of hydrogen-bond acceptors (Lipinski definition) is 3. The minimum absolute atomic E-state index is 0.0300. The highest BCUT2D eigenvalue weighted by atomic mass is 19.1. The molecule has 17 heavy (non-hydrogen) atoms. The Kier molecular flexibility index (Phi) is 3.19. The fourth-order valence-corrected chi connectivity index (χ4v) is 2.23. The van der Waals surface area contributed by atoms with Crippen molar-refractivity contribution in [2.24, 2.45) is 5.92 Å². The monoisotopic (exact) mass is 242 g/mol. The molecule has 94 valence electrons. The largest absolute Gasteiger partial charge is 0.395 e. The Morgan fingerprint density at radius 2 is 2.18 bits per heavy atom. The number of anilines is 2. The number of halogens is 2. The van der Waals surface area contributed by atoms with Crippen LogP contribution >= 0.6 is 0 Å². The molecule has 1 aliphatic heterocycles. The van der Waals surface area contributed by atoms with Gasteiger partial charge in [0.1, 0.15) is 5.82 Å². The predicted octanol–water partition coefficient (Wildman–Crippen LogP) is 1.75. The van der Waals surface area contributed by atoms with Crippen molar-refractivity contribution in [2.75, 3.05) is 23.7 Å². The number of rotatable bonds is 2. The first-order valence-electron chi connectivity index (χ1n) is 5.66. The minimum atomic E-state index is -0.736. The van der Waals surface area contributed by atoms with Crippen molar-refractivity contribution < 1.29 is 13.9 Å². The van der Waals surface area contributed by atoms with Crippen LogP contribution in [0.15, 0.2) is 12.1 Å². The first-order chi connectivity index (χ1) is 7.99. The van der Waals surface area contributed by atoms with Crippen LogP contribution in [0.2, 0.25) is 0 Å². The molecule has 1 fully saturated rings. The molecular formula is C12H16F2N2O. The highest BCUT2D eigenvalue weighted by Crippen LogP contribution is 2.32. The van der Waals surface area contributed by atoms with Gasteiger partial charge in [-0.25, -0.2) is 8.78 Å². The van der Waals surface area contributed by atoms with E-state index >= 15 is 0 Å². The molecule has 0 aliphatic carbocycles. The first kappa shape index (κ1) is 12.1. The van der Waals surface area contributed by atoms with E-state index in [4.69, 9.17) is 5.73 Å². The smallest absolute Gasteiger partial charge is 0.151 e. The molecule has 0 aromatic heterocycles. The van der Waals surface area contributed by atoms with Gasteiger partial charge in [0.25, 0.3) is 0 Å². The lowest BCUT2D eigenvalue weighted by molar-refractivity contribution is 0.136. The lowest BCUT2D eigenvalue weighted by atomic mass is 10.0. The fraction of sp³-hybridized carbons (Fsp3) is 0.500. The summed E-state index contributed by atoms with van der Waals surface area (Å²) in [6, 6.07) is 2.02. The molecule has 0 radical (unpaired) electrons. The van der Waals surface area contributed by atoms with Gasteiger partial charge >= 0.3 is 0 Å². The fourth-order valence-electron chi connectivity index (χ4n) is 2.23. The van der Waals surface area contributed by atoms with E-state index in [2.05, 4.69) is 0 Å². The molecule has 3 N–H and O–H groups in total. The summed E-state index contributed by atoms with van der Waals surface area (Å²) in [5, 5.41) is 9.49. The van der Waals surface area contributed by atoms with Gasteiger partial charge in [0.15, 0.2) is 5.82 Å². The molecule has 1 saturated heterocycles.